The average molecular weight is 271 g/mol. The molecule has 19 heavy (non-hydrogen) atoms. The molecule has 1 rings (SSSR count). The van der Waals surface area contributed by atoms with Crippen LogP contribution in [0.3, 0.4) is 0 Å². The molecule has 2 atom stereocenters. The zero-order valence-corrected chi connectivity index (χ0v) is 11.4. The molecular formula is C14H19F2NO2. The van der Waals surface area contributed by atoms with Crippen LogP contribution >= 0.6 is 0 Å². The van der Waals surface area contributed by atoms with Gasteiger partial charge in [-0.3, -0.25) is 9.69 Å². The van der Waals surface area contributed by atoms with E-state index in [9.17, 15) is 13.6 Å². The number of hydrogen-bond acceptors (Lipinski definition) is 2. The smallest absolute Gasteiger partial charge is 0.304 e. The van der Waals surface area contributed by atoms with E-state index < -0.39 is 17.6 Å². The highest BCUT2D eigenvalue weighted by molar-refractivity contribution is 5.67. The van der Waals surface area contributed by atoms with Gasteiger partial charge >= 0.3 is 5.97 Å². The summed E-state index contributed by atoms with van der Waals surface area (Å²) in [6.45, 7) is 6.21. The van der Waals surface area contributed by atoms with Gasteiger partial charge in [-0.1, -0.05) is 13.0 Å². The van der Waals surface area contributed by atoms with E-state index in [1.807, 2.05) is 25.7 Å². The second kappa shape index (κ2) is 6.61. The van der Waals surface area contributed by atoms with Gasteiger partial charge in [-0.2, -0.15) is 0 Å². The molecule has 0 heterocycles. The monoisotopic (exact) mass is 271 g/mol. The fourth-order valence-corrected chi connectivity index (χ4v) is 2.30. The Balaban J connectivity index is 2.91. The fraction of sp³-hybridized carbons (Fsp3) is 0.500. The SMILES string of the molecule is CCN(C(C)CC(=O)O)C(C)c1ccc(F)c(F)c1. The molecule has 0 aliphatic rings. The van der Waals surface area contributed by atoms with Crippen LogP contribution in [-0.2, 0) is 4.79 Å². The third kappa shape index (κ3) is 3.99. The Hall–Kier alpha value is -1.49. The van der Waals surface area contributed by atoms with Crippen molar-refractivity contribution in [3.63, 3.8) is 0 Å². The van der Waals surface area contributed by atoms with E-state index in [4.69, 9.17) is 5.11 Å². The van der Waals surface area contributed by atoms with Gasteiger partial charge in [0.1, 0.15) is 0 Å². The minimum absolute atomic E-state index is 0.0157. The second-order valence-corrected chi connectivity index (χ2v) is 4.63. The van der Waals surface area contributed by atoms with E-state index in [1.165, 1.54) is 6.07 Å². The predicted molar refractivity (Wildman–Crippen MR) is 68.9 cm³/mol. The predicted octanol–water partition coefficient (Wildman–Crippen LogP) is 3.21. The molecule has 0 radical (unpaired) electrons. The number of carboxylic acids is 1. The van der Waals surface area contributed by atoms with Gasteiger partial charge < -0.3 is 5.11 Å². The molecular weight excluding hydrogens is 252 g/mol. The molecule has 0 bridgehead atoms. The summed E-state index contributed by atoms with van der Waals surface area (Å²) in [4.78, 5) is 12.7. The maximum atomic E-state index is 13.2. The zero-order chi connectivity index (χ0) is 14.6. The highest BCUT2D eigenvalue weighted by Gasteiger charge is 2.22. The number of aliphatic carboxylic acids is 1. The number of carbonyl (C=O) groups is 1. The van der Waals surface area contributed by atoms with E-state index in [0.717, 1.165) is 12.1 Å². The van der Waals surface area contributed by atoms with Crippen molar-refractivity contribution in [1.82, 2.24) is 4.90 Å². The van der Waals surface area contributed by atoms with Crippen LogP contribution in [0, 0.1) is 11.6 Å². The van der Waals surface area contributed by atoms with Gasteiger partial charge in [-0.15, -0.1) is 0 Å². The molecule has 5 heteroatoms. The van der Waals surface area contributed by atoms with Crippen LogP contribution in [0.15, 0.2) is 18.2 Å². The maximum Gasteiger partial charge on any atom is 0.304 e. The summed E-state index contributed by atoms with van der Waals surface area (Å²) >= 11 is 0. The molecule has 0 aromatic heterocycles. The first-order valence-corrected chi connectivity index (χ1v) is 6.29. The van der Waals surface area contributed by atoms with Crippen LogP contribution in [0.1, 0.15) is 38.8 Å². The highest BCUT2D eigenvalue weighted by Crippen LogP contribution is 2.24. The zero-order valence-electron chi connectivity index (χ0n) is 11.4. The lowest BCUT2D eigenvalue weighted by molar-refractivity contribution is -0.138. The summed E-state index contributed by atoms with van der Waals surface area (Å²) in [5, 5.41) is 8.82. The summed E-state index contributed by atoms with van der Waals surface area (Å²) in [6.07, 6.45) is 0.0157. The number of halogens is 2. The molecule has 1 N–H and O–H groups in total. The van der Waals surface area contributed by atoms with Crippen molar-refractivity contribution < 1.29 is 18.7 Å². The van der Waals surface area contributed by atoms with Crippen molar-refractivity contribution in [1.29, 1.82) is 0 Å². The Morgan fingerprint density at radius 2 is 1.95 bits per heavy atom. The number of benzene rings is 1. The van der Waals surface area contributed by atoms with Crippen molar-refractivity contribution in [2.24, 2.45) is 0 Å². The van der Waals surface area contributed by atoms with Crippen LogP contribution in [0.4, 0.5) is 8.78 Å². The topological polar surface area (TPSA) is 40.5 Å². The summed E-state index contributed by atoms with van der Waals surface area (Å²) in [6, 6.07) is 3.44. The van der Waals surface area contributed by atoms with Crippen molar-refractivity contribution in [3.8, 4) is 0 Å². The van der Waals surface area contributed by atoms with Gasteiger partial charge in [-0.05, 0) is 38.1 Å². The second-order valence-electron chi connectivity index (χ2n) is 4.63. The van der Waals surface area contributed by atoms with Crippen LogP contribution in [-0.4, -0.2) is 28.6 Å². The van der Waals surface area contributed by atoms with Gasteiger partial charge in [0, 0.05) is 12.1 Å². The molecule has 0 aliphatic carbocycles. The minimum atomic E-state index is -0.883. The number of carboxylic acid groups (broad SMARTS) is 1. The molecule has 106 valence electrons. The lowest BCUT2D eigenvalue weighted by Crippen LogP contribution is -2.36. The number of rotatable bonds is 6. The van der Waals surface area contributed by atoms with Crippen molar-refractivity contribution in [3.05, 3.63) is 35.4 Å². The van der Waals surface area contributed by atoms with Gasteiger partial charge in [0.25, 0.3) is 0 Å². The molecule has 0 saturated carbocycles. The fourth-order valence-electron chi connectivity index (χ4n) is 2.30. The Morgan fingerprint density at radius 1 is 1.32 bits per heavy atom. The largest absolute Gasteiger partial charge is 0.481 e. The Kier molecular flexibility index (Phi) is 5.42. The molecule has 0 spiro atoms. The normalized spacial score (nSPS) is 14.4. The van der Waals surface area contributed by atoms with E-state index >= 15 is 0 Å². The van der Waals surface area contributed by atoms with E-state index in [2.05, 4.69) is 0 Å². The van der Waals surface area contributed by atoms with Crippen LogP contribution in [0.5, 0.6) is 0 Å². The molecule has 1 aromatic rings. The lowest BCUT2D eigenvalue weighted by Gasteiger charge is -2.33. The van der Waals surface area contributed by atoms with Gasteiger partial charge in [-0.25, -0.2) is 8.78 Å². The Morgan fingerprint density at radius 3 is 2.42 bits per heavy atom. The van der Waals surface area contributed by atoms with Gasteiger partial charge in [0.05, 0.1) is 6.42 Å². The molecule has 0 fully saturated rings. The van der Waals surface area contributed by atoms with Crippen molar-refractivity contribution >= 4 is 5.97 Å². The standard InChI is InChI=1S/C14H19F2NO2/c1-4-17(9(2)7-14(18)19)10(3)11-5-6-12(15)13(16)8-11/h5-6,8-10H,4,7H2,1-3H3,(H,18,19). The summed E-state index contributed by atoms with van der Waals surface area (Å²) in [5.74, 6) is -2.63. The first kappa shape index (κ1) is 15.6. The summed E-state index contributed by atoms with van der Waals surface area (Å²) in [5.41, 5.74) is 0.637. The average Bonchev–Trinajstić information content (AvgIpc) is 2.32. The molecule has 0 aliphatic heterocycles. The molecule has 0 amide bonds. The van der Waals surface area contributed by atoms with Crippen LogP contribution in [0.25, 0.3) is 0 Å². The third-order valence-electron chi connectivity index (χ3n) is 3.32. The van der Waals surface area contributed by atoms with E-state index in [0.29, 0.717) is 12.1 Å². The maximum absolute atomic E-state index is 13.2. The molecule has 3 nitrogen and oxygen atoms in total. The van der Waals surface area contributed by atoms with Crippen LogP contribution in [0.2, 0.25) is 0 Å². The van der Waals surface area contributed by atoms with E-state index in [1.54, 1.807) is 0 Å². The van der Waals surface area contributed by atoms with Crippen molar-refractivity contribution in [2.75, 3.05) is 6.54 Å². The van der Waals surface area contributed by atoms with Crippen molar-refractivity contribution in [2.45, 2.75) is 39.3 Å². The third-order valence-corrected chi connectivity index (χ3v) is 3.32. The first-order chi connectivity index (χ1) is 8.86. The minimum Gasteiger partial charge on any atom is -0.481 e. The van der Waals surface area contributed by atoms with E-state index in [-0.39, 0.29) is 18.5 Å². The summed E-state index contributed by atoms with van der Waals surface area (Å²) < 4.78 is 26.1. The molecule has 1 aromatic carbocycles. The quantitative estimate of drug-likeness (QED) is 0.863. The first-order valence-electron chi connectivity index (χ1n) is 6.29. The van der Waals surface area contributed by atoms with Crippen LogP contribution < -0.4 is 0 Å². The van der Waals surface area contributed by atoms with Gasteiger partial charge in [0.2, 0.25) is 0 Å². The van der Waals surface area contributed by atoms with Gasteiger partial charge in [0.15, 0.2) is 11.6 Å². The Bertz CT molecular complexity index is 451. The Labute approximate surface area is 111 Å². The lowest BCUT2D eigenvalue weighted by atomic mass is 10.0. The summed E-state index contributed by atoms with van der Waals surface area (Å²) in [7, 11) is 0. The highest BCUT2D eigenvalue weighted by atomic mass is 19.2. The number of hydrogen-bond donors (Lipinski definition) is 1. The molecule has 2 unspecified atom stereocenters. The number of nitrogens with zero attached hydrogens (tertiary/aromatic N) is 1. The molecule has 0 saturated heterocycles.